The van der Waals surface area contributed by atoms with Crippen LogP contribution < -0.4 is 9.47 Å². The highest BCUT2D eigenvalue weighted by Gasteiger charge is 2.65. The Morgan fingerprint density at radius 2 is 1.51 bits per heavy atom. The average Bonchev–Trinajstić information content (AvgIpc) is 3.47. The van der Waals surface area contributed by atoms with Crippen LogP contribution in [0.3, 0.4) is 0 Å². The number of para-hydroxylation sites is 2. The maximum atomic E-state index is 13.4. The van der Waals surface area contributed by atoms with Gasteiger partial charge in [0.15, 0.2) is 0 Å². The summed E-state index contributed by atoms with van der Waals surface area (Å²) in [5.74, 6) is 2.71. The second kappa shape index (κ2) is 17.6. The number of carbonyl (C=O) groups is 1. The molecular formula is C44H65IO6. The van der Waals surface area contributed by atoms with Gasteiger partial charge in [0.2, 0.25) is 0 Å². The summed E-state index contributed by atoms with van der Waals surface area (Å²) in [6.07, 6.45) is 13.3. The molecule has 0 unspecified atom stereocenters. The van der Waals surface area contributed by atoms with Gasteiger partial charge in [0.25, 0.3) is 0 Å². The minimum absolute atomic E-state index is 0. The lowest BCUT2D eigenvalue weighted by Gasteiger charge is -2.63. The molecule has 51 heavy (non-hydrogen) atoms. The van der Waals surface area contributed by atoms with Crippen molar-refractivity contribution >= 4 is 29.9 Å². The van der Waals surface area contributed by atoms with Gasteiger partial charge in [-0.15, -0.1) is 24.0 Å². The Bertz CT molecular complexity index is 1430. The number of hydrogen-bond donors (Lipinski definition) is 3. The van der Waals surface area contributed by atoms with Crippen molar-refractivity contribution in [2.75, 3.05) is 6.61 Å². The summed E-state index contributed by atoms with van der Waals surface area (Å²) >= 11 is 0. The number of halogens is 1. The summed E-state index contributed by atoms with van der Waals surface area (Å²) in [4.78, 5) is 13.4. The standard InChI is InChI=1S/C44H64O6.HI/c1-5-6-7-8-9-14-25-49-38-17-12-10-15-32(38)33-16-11-13-18-39(33)50-41(48)22-19-29(2)34-20-21-35-42-36(28-40(47)44(34,35)4)43(3)24-23-31(45)26-30(43)27-37(42)46;/h10-13,15-18,29-31,34-37,40,42,45-47H,5-9,14,19-28H2,1-4H3;1H/t29-,30+,31-,34-,35+,36+,37-,40+,42+,43+,44-;/m1./s1. The fourth-order valence-electron chi connectivity index (χ4n) is 11.5. The van der Waals surface area contributed by atoms with E-state index in [9.17, 15) is 20.1 Å². The number of rotatable bonds is 14. The lowest BCUT2D eigenvalue weighted by atomic mass is 9.43. The van der Waals surface area contributed by atoms with E-state index >= 15 is 0 Å². The molecule has 4 aliphatic carbocycles. The number of carbonyl (C=O) groups excluding carboxylic acids is 1. The molecule has 284 valence electrons. The highest BCUT2D eigenvalue weighted by atomic mass is 127. The lowest BCUT2D eigenvalue weighted by molar-refractivity contribution is -0.207. The molecule has 0 heterocycles. The van der Waals surface area contributed by atoms with Crippen molar-refractivity contribution in [3.05, 3.63) is 48.5 Å². The van der Waals surface area contributed by atoms with Gasteiger partial charge in [-0.3, -0.25) is 4.79 Å². The topological polar surface area (TPSA) is 96.2 Å². The molecule has 7 heteroatoms. The maximum absolute atomic E-state index is 13.4. The van der Waals surface area contributed by atoms with Gasteiger partial charge in [-0.05, 0) is 116 Å². The van der Waals surface area contributed by atoms with Crippen molar-refractivity contribution in [1.82, 2.24) is 0 Å². The first-order valence-electron chi connectivity index (χ1n) is 20.1. The Labute approximate surface area is 324 Å². The second-order valence-corrected chi connectivity index (χ2v) is 17.1. The Kier molecular flexibility index (Phi) is 14.0. The van der Waals surface area contributed by atoms with Crippen LogP contribution in [0.15, 0.2) is 48.5 Å². The van der Waals surface area contributed by atoms with Crippen LogP contribution in [0.4, 0.5) is 0 Å². The molecule has 11 atom stereocenters. The van der Waals surface area contributed by atoms with Crippen LogP contribution in [0.2, 0.25) is 0 Å². The monoisotopic (exact) mass is 816 g/mol. The quantitative estimate of drug-likeness (QED) is 0.0761. The molecule has 0 aliphatic heterocycles. The first-order valence-corrected chi connectivity index (χ1v) is 20.1. The molecular weight excluding hydrogens is 751 g/mol. The van der Waals surface area contributed by atoms with Crippen molar-refractivity contribution in [2.24, 2.45) is 46.3 Å². The number of ether oxygens (including phenoxy) is 2. The molecule has 0 bridgehead atoms. The number of esters is 1. The molecule has 0 saturated heterocycles. The first kappa shape index (κ1) is 40.5. The number of hydrogen-bond acceptors (Lipinski definition) is 6. The van der Waals surface area contributed by atoms with Crippen LogP contribution in [-0.4, -0.2) is 46.2 Å². The van der Waals surface area contributed by atoms with Gasteiger partial charge in [-0.1, -0.05) is 96.2 Å². The summed E-state index contributed by atoms with van der Waals surface area (Å²) in [6.45, 7) is 9.80. The molecule has 4 aliphatic rings. The predicted octanol–water partition coefficient (Wildman–Crippen LogP) is 9.99. The van der Waals surface area contributed by atoms with Gasteiger partial charge >= 0.3 is 5.97 Å². The van der Waals surface area contributed by atoms with Gasteiger partial charge in [-0.2, -0.15) is 0 Å². The summed E-state index contributed by atoms with van der Waals surface area (Å²) in [5.41, 5.74) is 1.57. The zero-order valence-corrected chi connectivity index (χ0v) is 33.9. The summed E-state index contributed by atoms with van der Waals surface area (Å²) in [5, 5.41) is 34.0. The minimum atomic E-state index is -0.430. The van der Waals surface area contributed by atoms with E-state index in [1.165, 1.54) is 32.1 Å². The van der Waals surface area contributed by atoms with Crippen LogP contribution in [0.1, 0.15) is 124 Å². The van der Waals surface area contributed by atoms with Gasteiger partial charge < -0.3 is 24.8 Å². The van der Waals surface area contributed by atoms with E-state index in [-0.39, 0.29) is 82.6 Å². The van der Waals surface area contributed by atoms with Crippen LogP contribution in [0.5, 0.6) is 11.5 Å². The van der Waals surface area contributed by atoms with Gasteiger partial charge in [0, 0.05) is 17.5 Å². The Balaban J connectivity index is 0.00000504. The Morgan fingerprint density at radius 1 is 0.843 bits per heavy atom. The predicted molar refractivity (Wildman–Crippen MR) is 214 cm³/mol. The minimum Gasteiger partial charge on any atom is -0.493 e. The molecule has 3 N–H and O–H groups in total. The first-order chi connectivity index (χ1) is 24.1. The Morgan fingerprint density at radius 3 is 2.25 bits per heavy atom. The van der Waals surface area contributed by atoms with Crippen LogP contribution >= 0.6 is 24.0 Å². The summed E-state index contributed by atoms with van der Waals surface area (Å²) < 4.78 is 12.3. The molecule has 4 fully saturated rings. The normalized spacial score (nSPS) is 34.7. The fourth-order valence-corrected chi connectivity index (χ4v) is 11.5. The number of unbranched alkanes of at least 4 members (excludes halogenated alkanes) is 5. The third-order valence-corrected chi connectivity index (χ3v) is 14.4. The van der Waals surface area contributed by atoms with Crippen LogP contribution in [0.25, 0.3) is 11.1 Å². The van der Waals surface area contributed by atoms with Crippen molar-refractivity contribution in [2.45, 2.75) is 142 Å². The molecule has 2 aromatic rings. The van der Waals surface area contributed by atoms with E-state index < -0.39 is 6.10 Å². The van der Waals surface area contributed by atoms with Crippen molar-refractivity contribution < 1.29 is 29.6 Å². The SMILES string of the molecule is CCCCCCCCOc1ccccc1-c1ccccc1OC(=O)CC[C@@H](C)[C@H]1CC[C@H]2[C@@H]3[C@H](O)C[C@@H]4C[C@H](O)CC[C@]4(C)[C@H]3C[C@H](O)[C@]12C.I. The van der Waals surface area contributed by atoms with Crippen molar-refractivity contribution in [1.29, 1.82) is 0 Å². The number of aliphatic hydroxyl groups excluding tert-OH is 3. The van der Waals surface area contributed by atoms with E-state index in [1.54, 1.807) is 0 Å². The number of fused-ring (bicyclic) bond motifs is 5. The molecule has 6 rings (SSSR count). The average molecular weight is 817 g/mol. The third kappa shape index (κ3) is 8.37. The van der Waals surface area contributed by atoms with Gasteiger partial charge in [0.1, 0.15) is 11.5 Å². The zero-order valence-electron chi connectivity index (χ0n) is 31.6. The summed E-state index contributed by atoms with van der Waals surface area (Å²) in [6, 6.07) is 15.7. The van der Waals surface area contributed by atoms with Crippen molar-refractivity contribution in [3.8, 4) is 22.6 Å². The highest BCUT2D eigenvalue weighted by molar-refractivity contribution is 14.0. The van der Waals surface area contributed by atoms with Crippen LogP contribution in [-0.2, 0) is 4.79 Å². The van der Waals surface area contributed by atoms with Gasteiger partial charge in [0.05, 0.1) is 24.9 Å². The van der Waals surface area contributed by atoms with E-state index in [4.69, 9.17) is 9.47 Å². The van der Waals surface area contributed by atoms with E-state index in [2.05, 4.69) is 27.7 Å². The molecule has 6 nitrogen and oxygen atoms in total. The molecule has 2 aromatic carbocycles. The van der Waals surface area contributed by atoms with E-state index in [0.29, 0.717) is 31.1 Å². The summed E-state index contributed by atoms with van der Waals surface area (Å²) in [7, 11) is 0. The maximum Gasteiger partial charge on any atom is 0.311 e. The molecule has 0 aromatic heterocycles. The van der Waals surface area contributed by atoms with Crippen LogP contribution in [0, 0.1) is 46.3 Å². The Hall–Kier alpha value is -1.68. The second-order valence-electron chi connectivity index (χ2n) is 17.1. The van der Waals surface area contributed by atoms with Gasteiger partial charge in [-0.25, -0.2) is 0 Å². The fraction of sp³-hybridized carbons (Fsp3) is 0.705. The zero-order chi connectivity index (χ0) is 35.5. The molecule has 0 radical (unpaired) electrons. The van der Waals surface area contributed by atoms with Crippen molar-refractivity contribution in [3.63, 3.8) is 0 Å². The third-order valence-electron chi connectivity index (χ3n) is 14.4. The highest BCUT2D eigenvalue weighted by Crippen LogP contribution is 2.68. The molecule has 0 spiro atoms. The number of benzene rings is 2. The lowest BCUT2D eigenvalue weighted by Crippen LogP contribution is -2.62. The van der Waals surface area contributed by atoms with E-state index in [0.717, 1.165) is 68.2 Å². The largest absolute Gasteiger partial charge is 0.493 e. The molecule has 0 amide bonds. The smallest absolute Gasteiger partial charge is 0.311 e. The van der Waals surface area contributed by atoms with E-state index in [1.807, 2.05) is 48.5 Å². The number of aliphatic hydroxyl groups is 3. The molecule has 4 saturated carbocycles.